The van der Waals surface area contributed by atoms with Gasteiger partial charge in [-0.15, -0.1) is 0 Å². The Morgan fingerprint density at radius 2 is 2.00 bits per heavy atom. The third kappa shape index (κ3) is 3.69. The maximum Gasteiger partial charge on any atom is 0.406 e. The number of hydrogen-bond donors (Lipinski definition) is 0. The van der Waals surface area contributed by atoms with Crippen LogP contribution in [0, 0.1) is 5.82 Å². The molecule has 0 saturated heterocycles. The van der Waals surface area contributed by atoms with Gasteiger partial charge in [0.05, 0.1) is 10.0 Å². The summed E-state index contributed by atoms with van der Waals surface area (Å²) >= 11 is 2.85. The highest BCUT2D eigenvalue weighted by Crippen LogP contribution is 2.23. The van der Waals surface area contributed by atoms with Gasteiger partial charge in [0.1, 0.15) is 12.4 Å². The summed E-state index contributed by atoms with van der Waals surface area (Å²) in [6, 6.07) is 3.66. The van der Waals surface area contributed by atoms with Crippen LogP contribution in [0.3, 0.4) is 0 Å². The highest BCUT2D eigenvalue weighted by molar-refractivity contribution is 9.10. The second-order valence-corrected chi connectivity index (χ2v) is 4.33. The van der Waals surface area contributed by atoms with Crippen LogP contribution in [0.4, 0.5) is 17.6 Å². The van der Waals surface area contributed by atoms with Crippen LogP contribution in [0.5, 0.6) is 0 Å². The fourth-order valence-electron chi connectivity index (χ4n) is 1.38. The molecule has 0 aliphatic heterocycles. The molecule has 0 heterocycles. The van der Waals surface area contributed by atoms with Crippen LogP contribution in [0.15, 0.2) is 22.7 Å². The Balaban J connectivity index is 3.01. The number of amides is 1. The molecular weight excluding hydrogens is 318 g/mol. The van der Waals surface area contributed by atoms with Crippen molar-refractivity contribution in [2.75, 3.05) is 13.1 Å². The van der Waals surface area contributed by atoms with E-state index in [0.29, 0.717) is 4.90 Å². The van der Waals surface area contributed by atoms with Gasteiger partial charge in [0.25, 0.3) is 5.91 Å². The fraction of sp³-hybridized carbons (Fsp3) is 0.364. The summed E-state index contributed by atoms with van der Waals surface area (Å²) in [4.78, 5) is 12.5. The summed E-state index contributed by atoms with van der Waals surface area (Å²) in [5, 5.41) is 0. The number of nitrogens with zero attached hydrogens (tertiary/aromatic N) is 1. The maximum atomic E-state index is 13.2. The molecular formula is C11H10BrF4NO. The number of carbonyl (C=O) groups excluding carboxylic acids is 1. The Morgan fingerprint density at radius 1 is 1.39 bits per heavy atom. The lowest BCUT2D eigenvalue weighted by molar-refractivity contribution is -0.140. The summed E-state index contributed by atoms with van der Waals surface area (Å²) in [6.45, 7) is -0.0383. The van der Waals surface area contributed by atoms with Crippen molar-refractivity contribution in [3.63, 3.8) is 0 Å². The van der Waals surface area contributed by atoms with Crippen molar-refractivity contribution in [3.05, 3.63) is 34.1 Å². The lowest BCUT2D eigenvalue weighted by Crippen LogP contribution is -2.39. The van der Waals surface area contributed by atoms with E-state index in [-0.39, 0.29) is 16.6 Å². The van der Waals surface area contributed by atoms with Crippen LogP contribution in [0.1, 0.15) is 17.3 Å². The molecule has 0 spiro atoms. The van der Waals surface area contributed by atoms with E-state index in [2.05, 4.69) is 15.9 Å². The smallest absolute Gasteiger partial charge is 0.330 e. The molecule has 0 aliphatic rings. The van der Waals surface area contributed by atoms with Crippen molar-refractivity contribution in [3.8, 4) is 0 Å². The van der Waals surface area contributed by atoms with Crippen LogP contribution >= 0.6 is 15.9 Å². The highest BCUT2D eigenvalue weighted by atomic mass is 79.9. The van der Waals surface area contributed by atoms with Crippen LogP contribution < -0.4 is 0 Å². The largest absolute Gasteiger partial charge is 0.406 e. The van der Waals surface area contributed by atoms with Gasteiger partial charge in [-0.05, 0) is 35.0 Å². The zero-order valence-corrected chi connectivity index (χ0v) is 11.0. The predicted octanol–water partition coefficient (Wildman–Crippen LogP) is 3.61. The Hall–Kier alpha value is -1.11. The molecule has 1 rings (SSSR count). The second kappa shape index (κ2) is 5.69. The maximum absolute atomic E-state index is 13.2. The monoisotopic (exact) mass is 327 g/mol. The van der Waals surface area contributed by atoms with Crippen LogP contribution in [-0.4, -0.2) is 30.1 Å². The van der Waals surface area contributed by atoms with E-state index in [1.807, 2.05) is 0 Å². The van der Waals surface area contributed by atoms with Gasteiger partial charge in [-0.2, -0.15) is 13.2 Å². The van der Waals surface area contributed by atoms with E-state index in [4.69, 9.17) is 0 Å². The molecule has 1 aromatic carbocycles. The lowest BCUT2D eigenvalue weighted by Gasteiger charge is -2.22. The predicted molar refractivity (Wildman–Crippen MR) is 61.7 cm³/mol. The first-order valence-electron chi connectivity index (χ1n) is 5.06. The molecule has 1 amide bonds. The third-order valence-electron chi connectivity index (χ3n) is 2.22. The zero-order valence-electron chi connectivity index (χ0n) is 9.39. The quantitative estimate of drug-likeness (QED) is 0.776. The molecule has 0 fully saturated rings. The average Bonchev–Trinajstić information content (AvgIpc) is 2.27. The topological polar surface area (TPSA) is 20.3 Å². The van der Waals surface area contributed by atoms with Crippen LogP contribution in [0.2, 0.25) is 0 Å². The molecule has 0 unspecified atom stereocenters. The minimum Gasteiger partial charge on any atom is -0.330 e. The normalized spacial score (nSPS) is 11.4. The van der Waals surface area contributed by atoms with Gasteiger partial charge in [-0.1, -0.05) is 6.07 Å². The molecule has 7 heteroatoms. The number of hydrogen-bond acceptors (Lipinski definition) is 1. The van der Waals surface area contributed by atoms with Gasteiger partial charge in [0.15, 0.2) is 0 Å². The van der Waals surface area contributed by atoms with Crippen molar-refractivity contribution in [1.29, 1.82) is 0 Å². The van der Waals surface area contributed by atoms with Crippen molar-refractivity contribution in [1.82, 2.24) is 4.90 Å². The Kier molecular flexibility index (Phi) is 4.72. The van der Waals surface area contributed by atoms with E-state index >= 15 is 0 Å². The summed E-state index contributed by atoms with van der Waals surface area (Å²) in [5.41, 5.74) is -0.124. The first kappa shape index (κ1) is 14.9. The molecule has 0 radical (unpaired) electrons. The molecule has 18 heavy (non-hydrogen) atoms. The average molecular weight is 328 g/mol. The minimum atomic E-state index is -4.48. The highest BCUT2D eigenvalue weighted by Gasteiger charge is 2.33. The zero-order chi connectivity index (χ0) is 13.9. The first-order valence-corrected chi connectivity index (χ1v) is 5.85. The van der Waals surface area contributed by atoms with E-state index in [9.17, 15) is 22.4 Å². The van der Waals surface area contributed by atoms with Crippen molar-refractivity contribution in [2.24, 2.45) is 0 Å². The molecule has 100 valence electrons. The lowest BCUT2D eigenvalue weighted by atomic mass is 10.2. The van der Waals surface area contributed by atoms with Gasteiger partial charge in [0, 0.05) is 6.54 Å². The number of alkyl halides is 3. The third-order valence-corrected chi connectivity index (χ3v) is 3.03. The number of benzene rings is 1. The number of carbonyl (C=O) groups is 1. The van der Waals surface area contributed by atoms with Crippen LogP contribution in [0.25, 0.3) is 0 Å². The molecule has 0 saturated carbocycles. The Labute approximate surface area is 110 Å². The Morgan fingerprint density at radius 3 is 2.50 bits per heavy atom. The Bertz CT molecular complexity index is 447. The fourth-order valence-corrected chi connectivity index (χ4v) is 1.82. The minimum absolute atomic E-state index is 0.110. The van der Waals surface area contributed by atoms with Gasteiger partial charge < -0.3 is 4.90 Å². The summed E-state index contributed by atoms with van der Waals surface area (Å²) in [7, 11) is 0. The molecule has 0 aliphatic carbocycles. The van der Waals surface area contributed by atoms with E-state index in [1.165, 1.54) is 19.1 Å². The van der Waals surface area contributed by atoms with Gasteiger partial charge in [-0.3, -0.25) is 4.79 Å². The first-order chi connectivity index (χ1) is 8.26. The van der Waals surface area contributed by atoms with Gasteiger partial charge >= 0.3 is 6.18 Å². The van der Waals surface area contributed by atoms with Crippen molar-refractivity contribution in [2.45, 2.75) is 13.1 Å². The summed E-state index contributed by atoms with van der Waals surface area (Å²) in [5.74, 6) is -1.55. The van der Waals surface area contributed by atoms with Crippen LogP contribution in [-0.2, 0) is 0 Å². The molecule has 2 nitrogen and oxygen atoms in total. The van der Waals surface area contributed by atoms with Crippen molar-refractivity contribution >= 4 is 21.8 Å². The van der Waals surface area contributed by atoms with E-state index < -0.39 is 24.4 Å². The molecule has 0 atom stereocenters. The van der Waals surface area contributed by atoms with Crippen molar-refractivity contribution < 1.29 is 22.4 Å². The summed E-state index contributed by atoms with van der Waals surface area (Å²) in [6.07, 6.45) is -4.48. The molecule has 0 bridgehead atoms. The van der Waals surface area contributed by atoms with E-state index in [0.717, 1.165) is 6.07 Å². The number of halogens is 5. The SMILES string of the molecule is CCN(CC(F)(F)F)C(=O)c1cccc(F)c1Br. The van der Waals surface area contributed by atoms with E-state index in [1.54, 1.807) is 0 Å². The van der Waals surface area contributed by atoms with Gasteiger partial charge in [-0.25, -0.2) is 4.39 Å². The molecule has 0 N–H and O–H groups in total. The molecule has 1 aromatic rings. The molecule has 0 aromatic heterocycles. The standard InChI is InChI=1S/C11H10BrF4NO/c1-2-17(6-11(14,15)16)10(18)7-4-3-5-8(13)9(7)12/h3-5H,2,6H2,1H3. The number of rotatable bonds is 3. The summed E-state index contributed by atoms with van der Waals surface area (Å²) < 4.78 is 49.9. The van der Waals surface area contributed by atoms with Gasteiger partial charge in [0.2, 0.25) is 0 Å². The second-order valence-electron chi connectivity index (χ2n) is 3.54.